The van der Waals surface area contributed by atoms with Crippen molar-refractivity contribution in [3.63, 3.8) is 0 Å². The van der Waals surface area contributed by atoms with E-state index < -0.39 is 5.24 Å². The van der Waals surface area contributed by atoms with Crippen LogP contribution in [0.3, 0.4) is 0 Å². The standard InChI is InChI=1S/C23H25ClN2O3.2ClH/c1-4-29-21-11-16-17(12-20(21)28-3)22(14-5-7-15(8-6-14)23(24)27)25-19-9-10-26(2)13-18(16)19;;/h5-8,11-12,18-19H,4,9-10,13H2,1-3H3;2*1H/t18-,19-;;/m1../s1. The Morgan fingerprint density at radius 1 is 1.19 bits per heavy atom. The fourth-order valence-electron chi connectivity index (χ4n) is 4.30. The number of likely N-dealkylation sites (N-methyl/N-ethyl adjacent to an activating group) is 1. The summed E-state index contributed by atoms with van der Waals surface area (Å²) in [6.07, 6.45) is 1.01. The van der Waals surface area contributed by atoms with Crippen LogP contribution in [-0.4, -0.2) is 55.7 Å². The van der Waals surface area contributed by atoms with Gasteiger partial charge in [-0.2, -0.15) is 0 Å². The normalized spacial score (nSPS) is 19.7. The molecule has 2 aliphatic rings. The highest BCUT2D eigenvalue weighted by molar-refractivity contribution is 6.67. The van der Waals surface area contributed by atoms with Crippen molar-refractivity contribution in [1.82, 2.24) is 4.90 Å². The predicted octanol–water partition coefficient (Wildman–Crippen LogP) is 4.96. The molecule has 2 aromatic carbocycles. The van der Waals surface area contributed by atoms with Gasteiger partial charge in [0.15, 0.2) is 11.5 Å². The lowest BCUT2D eigenvalue weighted by molar-refractivity contribution is 0.108. The second kappa shape index (κ2) is 10.7. The molecule has 31 heavy (non-hydrogen) atoms. The van der Waals surface area contributed by atoms with Crippen molar-refractivity contribution in [1.29, 1.82) is 0 Å². The number of halogens is 3. The lowest BCUT2D eigenvalue weighted by Gasteiger charge is -2.39. The largest absolute Gasteiger partial charge is 0.493 e. The fourth-order valence-corrected chi connectivity index (χ4v) is 4.43. The SMILES string of the molecule is CCOc1cc2c(cc1OC)C(c1ccc(C(=O)Cl)cc1)=N[C@@H]1CCN(C)C[C@H]21.Cl.Cl. The maximum atomic E-state index is 11.4. The molecule has 2 aliphatic heterocycles. The monoisotopic (exact) mass is 484 g/mol. The number of aliphatic imine (C=N–C) groups is 1. The van der Waals surface area contributed by atoms with Gasteiger partial charge in [0.2, 0.25) is 0 Å². The quantitative estimate of drug-likeness (QED) is 0.562. The number of carbonyl (C=O) groups excluding carboxylic acids is 1. The number of ether oxygens (including phenoxy) is 2. The molecule has 2 heterocycles. The van der Waals surface area contributed by atoms with E-state index in [4.69, 9.17) is 26.1 Å². The number of likely N-dealkylation sites (tertiary alicyclic amines) is 1. The van der Waals surface area contributed by atoms with Crippen LogP contribution >= 0.6 is 36.4 Å². The molecule has 0 radical (unpaired) electrons. The third kappa shape index (κ3) is 5.01. The van der Waals surface area contributed by atoms with Gasteiger partial charge < -0.3 is 14.4 Å². The van der Waals surface area contributed by atoms with E-state index >= 15 is 0 Å². The van der Waals surface area contributed by atoms with Crippen molar-refractivity contribution in [2.75, 3.05) is 33.9 Å². The molecular formula is C23H27Cl3N2O3. The molecule has 5 nitrogen and oxygen atoms in total. The van der Waals surface area contributed by atoms with E-state index in [9.17, 15) is 4.79 Å². The number of benzene rings is 2. The first-order chi connectivity index (χ1) is 14.0. The van der Waals surface area contributed by atoms with Crippen LogP contribution in [0.2, 0.25) is 0 Å². The molecule has 1 saturated heterocycles. The number of methoxy groups -OCH3 is 1. The van der Waals surface area contributed by atoms with E-state index in [2.05, 4.69) is 18.0 Å². The number of hydrogen-bond acceptors (Lipinski definition) is 5. The molecule has 4 rings (SSSR count). The minimum absolute atomic E-state index is 0. The lowest BCUT2D eigenvalue weighted by atomic mass is 9.79. The summed E-state index contributed by atoms with van der Waals surface area (Å²) >= 11 is 5.61. The Morgan fingerprint density at radius 2 is 1.90 bits per heavy atom. The van der Waals surface area contributed by atoms with Gasteiger partial charge in [-0.1, -0.05) is 12.1 Å². The van der Waals surface area contributed by atoms with Gasteiger partial charge in [0, 0.05) is 29.2 Å². The van der Waals surface area contributed by atoms with Gasteiger partial charge >= 0.3 is 0 Å². The summed E-state index contributed by atoms with van der Waals surface area (Å²) in [5.74, 6) is 1.79. The van der Waals surface area contributed by atoms with Crippen LogP contribution in [0.25, 0.3) is 0 Å². The molecular weight excluding hydrogens is 459 g/mol. The van der Waals surface area contributed by atoms with Crippen molar-refractivity contribution in [3.05, 3.63) is 58.7 Å². The lowest BCUT2D eigenvalue weighted by Crippen LogP contribution is -2.41. The zero-order chi connectivity index (χ0) is 20.5. The smallest absolute Gasteiger partial charge is 0.252 e. The Kier molecular flexibility index (Phi) is 8.78. The van der Waals surface area contributed by atoms with Crippen LogP contribution in [0.15, 0.2) is 41.4 Å². The molecule has 0 N–H and O–H groups in total. The molecule has 0 aliphatic carbocycles. The average Bonchev–Trinajstić information content (AvgIpc) is 2.73. The van der Waals surface area contributed by atoms with Crippen molar-refractivity contribution in [3.8, 4) is 11.5 Å². The predicted molar refractivity (Wildman–Crippen MR) is 130 cm³/mol. The zero-order valence-electron chi connectivity index (χ0n) is 17.8. The van der Waals surface area contributed by atoms with Crippen molar-refractivity contribution < 1.29 is 14.3 Å². The summed E-state index contributed by atoms with van der Waals surface area (Å²) in [4.78, 5) is 18.9. The second-order valence-corrected chi connectivity index (χ2v) is 7.92. The molecule has 8 heteroatoms. The first-order valence-electron chi connectivity index (χ1n) is 9.93. The summed E-state index contributed by atoms with van der Waals surface area (Å²) < 4.78 is 11.5. The summed E-state index contributed by atoms with van der Waals surface area (Å²) in [7, 11) is 3.81. The Bertz CT molecular complexity index is 963. The van der Waals surface area contributed by atoms with Gasteiger partial charge in [-0.3, -0.25) is 9.79 Å². The first-order valence-corrected chi connectivity index (χ1v) is 10.3. The molecule has 0 unspecified atom stereocenters. The summed E-state index contributed by atoms with van der Waals surface area (Å²) in [5.41, 5.74) is 4.69. The molecule has 0 aromatic heterocycles. The second-order valence-electron chi connectivity index (χ2n) is 7.58. The van der Waals surface area contributed by atoms with Gasteiger partial charge in [0.05, 0.1) is 25.5 Å². The number of fused-ring (bicyclic) bond motifs is 3. The average molecular weight is 486 g/mol. The van der Waals surface area contributed by atoms with E-state index in [1.54, 1.807) is 19.2 Å². The molecule has 168 valence electrons. The van der Waals surface area contributed by atoms with Crippen LogP contribution in [0, 0.1) is 0 Å². The van der Waals surface area contributed by atoms with Gasteiger partial charge in [0.25, 0.3) is 5.24 Å². The minimum atomic E-state index is -0.457. The van der Waals surface area contributed by atoms with E-state index in [0.717, 1.165) is 42.1 Å². The van der Waals surface area contributed by atoms with Gasteiger partial charge in [-0.05, 0) is 68.4 Å². The molecule has 0 bridgehead atoms. The van der Waals surface area contributed by atoms with E-state index in [1.807, 2.05) is 25.1 Å². The summed E-state index contributed by atoms with van der Waals surface area (Å²) in [6, 6.07) is 11.7. The van der Waals surface area contributed by atoms with Crippen LogP contribution in [0.1, 0.15) is 46.3 Å². The minimum Gasteiger partial charge on any atom is -0.493 e. The molecule has 0 spiro atoms. The highest BCUT2D eigenvalue weighted by Gasteiger charge is 2.36. The maximum absolute atomic E-state index is 11.4. The zero-order valence-corrected chi connectivity index (χ0v) is 20.1. The Labute approximate surface area is 200 Å². The molecule has 0 saturated carbocycles. The van der Waals surface area contributed by atoms with Crippen LogP contribution in [-0.2, 0) is 0 Å². The van der Waals surface area contributed by atoms with Crippen LogP contribution in [0.4, 0.5) is 0 Å². The molecule has 1 fully saturated rings. The van der Waals surface area contributed by atoms with Gasteiger partial charge in [-0.15, -0.1) is 24.8 Å². The number of nitrogens with zero attached hydrogens (tertiary/aromatic N) is 2. The Balaban J connectivity index is 0.00000171. The third-order valence-electron chi connectivity index (χ3n) is 5.75. The van der Waals surface area contributed by atoms with Gasteiger partial charge in [-0.25, -0.2) is 0 Å². The van der Waals surface area contributed by atoms with Crippen molar-refractivity contribution in [2.45, 2.75) is 25.3 Å². The first kappa shape index (κ1) is 25.5. The number of hydrogen-bond donors (Lipinski definition) is 0. The molecule has 0 amide bonds. The van der Waals surface area contributed by atoms with Crippen LogP contribution in [0.5, 0.6) is 11.5 Å². The summed E-state index contributed by atoms with van der Waals surface area (Å²) in [6.45, 7) is 4.55. The maximum Gasteiger partial charge on any atom is 0.252 e. The Morgan fingerprint density at radius 3 is 2.52 bits per heavy atom. The Hall–Kier alpha value is -1.79. The highest BCUT2D eigenvalue weighted by Crippen LogP contribution is 2.42. The highest BCUT2D eigenvalue weighted by atomic mass is 35.5. The van der Waals surface area contributed by atoms with Crippen LogP contribution < -0.4 is 9.47 Å². The van der Waals surface area contributed by atoms with Gasteiger partial charge in [0.1, 0.15) is 0 Å². The van der Waals surface area contributed by atoms with E-state index in [1.165, 1.54) is 5.56 Å². The molecule has 2 atom stereocenters. The van der Waals surface area contributed by atoms with E-state index in [-0.39, 0.29) is 30.9 Å². The summed E-state index contributed by atoms with van der Waals surface area (Å²) in [5, 5.41) is -0.457. The number of rotatable bonds is 5. The van der Waals surface area contributed by atoms with Crippen molar-refractivity contribution >= 4 is 47.4 Å². The third-order valence-corrected chi connectivity index (χ3v) is 5.97. The van der Waals surface area contributed by atoms with E-state index in [0.29, 0.717) is 23.8 Å². The number of piperidine rings is 1. The van der Waals surface area contributed by atoms with Crippen molar-refractivity contribution in [2.24, 2.45) is 4.99 Å². The fraction of sp³-hybridized carbons (Fsp3) is 0.391. The molecule has 2 aromatic rings. The number of carbonyl (C=O) groups is 1. The topological polar surface area (TPSA) is 51.1 Å².